The second kappa shape index (κ2) is 6.55. The Morgan fingerprint density at radius 1 is 1.33 bits per heavy atom. The van der Waals surface area contributed by atoms with Gasteiger partial charge in [0.05, 0.1) is 0 Å². The third-order valence-corrected chi connectivity index (χ3v) is 4.21. The molecule has 1 aromatic rings. The Morgan fingerprint density at radius 2 is 2.06 bits per heavy atom. The monoisotopic (exact) mass is 266 g/mol. The van der Waals surface area contributed by atoms with E-state index in [0.717, 1.165) is 18.0 Å². The van der Waals surface area contributed by atoms with Crippen LogP contribution in [0.3, 0.4) is 0 Å². The predicted octanol–water partition coefficient (Wildman–Crippen LogP) is 3.08. The molecule has 2 atom stereocenters. The van der Waals surface area contributed by atoms with Crippen LogP contribution in [0.1, 0.15) is 31.7 Å². The van der Waals surface area contributed by atoms with E-state index in [1.807, 2.05) is 12.1 Å². The highest BCUT2D eigenvalue weighted by atomic mass is 35.5. The number of likely N-dealkylation sites (tertiary alicyclic amines) is 1. The van der Waals surface area contributed by atoms with Gasteiger partial charge in [-0.15, -0.1) is 0 Å². The van der Waals surface area contributed by atoms with Crippen molar-refractivity contribution in [1.82, 2.24) is 4.90 Å². The van der Waals surface area contributed by atoms with Crippen molar-refractivity contribution in [1.29, 1.82) is 0 Å². The van der Waals surface area contributed by atoms with Crippen molar-refractivity contribution in [2.24, 2.45) is 5.73 Å². The first-order valence-corrected chi connectivity index (χ1v) is 7.28. The SMILES string of the molecule is CC(Cc1ccc(Cl)cc1)N1CCCCC1CN. The summed E-state index contributed by atoms with van der Waals surface area (Å²) in [7, 11) is 0. The van der Waals surface area contributed by atoms with Crippen LogP contribution in [0, 0.1) is 0 Å². The van der Waals surface area contributed by atoms with E-state index in [4.69, 9.17) is 17.3 Å². The number of hydrogen-bond donors (Lipinski definition) is 1. The lowest BCUT2D eigenvalue weighted by Crippen LogP contribution is -2.49. The predicted molar refractivity (Wildman–Crippen MR) is 78.0 cm³/mol. The highest BCUT2D eigenvalue weighted by Gasteiger charge is 2.25. The average Bonchev–Trinajstić information content (AvgIpc) is 2.41. The van der Waals surface area contributed by atoms with Gasteiger partial charge >= 0.3 is 0 Å². The average molecular weight is 267 g/mol. The molecule has 100 valence electrons. The van der Waals surface area contributed by atoms with Crippen LogP contribution < -0.4 is 5.73 Å². The summed E-state index contributed by atoms with van der Waals surface area (Å²) in [6.07, 6.45) is 4.96. The number of nitrogens with zero attached hydrogens (tertiary/aromatic N) is 1. The highest BCUT2D eigenvalue weighted by molar-refractivity contribution is 6.30. The minimum atomic E-state index is 0.556. The minimum absolute atomic E-state index is 0.556. The Morgan fingerprint density at radius 3 is 2.72 bits per heavy atom. The fourth-order valence-electron chi connectivity index (χ4n) is 2.94. The largest absolute Gasteiger partial charge is 0.329 e. The molecule has 0 bridgehead atoms. The van der Waals surface area contributed by atoms with Crippen LogP contribution in [0.5, 0.6) is 0 Å². The summed E-state index contributed by atoms with van der Waals surface area (Å²) < 4.78 is 0. The molecular formula is C15H23ClN2. The van der Waals surface area contributed by atoms with E-state index in [2.05, 4.69) is 24.0 Å². The number of nitrogens with two attached hydrogens (primary N) is 1. The van der Waals surface area contributed by atoms with Crippen molar-refractivity contribution in [2.45, 2.75) is 44.7 Å². The zero-order valence-electron chi connectivity index (χ0n) is 11.1. The Balaban J connectivity index is 1.97. The standard InChI is InChI=1S/C15H23ClN2/c1-12(10-13-5-7-14(16)8-6-13)18-9-3-2-4-15(18)11-17/h5-8,12,15H,2-4,9-11,17H2,1H3. The molecule has 1 aliphatic heterocycles. The van der Waals surface area contributed by atoms with Crippen LogP contribution in [0.15, 0.2) is 24.3 Å². The fraction of sp³-hybridized carbons (Fsp3) is 0.600. The van der Waals surface area contributed by atoms with Gasteiger partial charge in [-0.3, -0.25) is 4.90 Å². The summed E-state index contributed by atoms with van der Waals surface area (Å²) in [6.45, 7) is 4.28. The molecule has 0 amide bonds. The zero-order valence-corrected chi connectivity index (χ0v) is 11.9. The van der Waals surface area contributed by atoms with Crippen LogP contribution in [0.2, 0.25) is 5.02 Å². The van der Waals surface area contributed by atoms with Gasteiger partial charge in [0.1, 0.15) is 0 Å². The van der Waals surface area contributed by atoms with Gasteiger partial charge in [-0.1, -0.05) is 30.2 Å². The number of halogens is 1. The third kappa shape index (κ3) is 3.47. The third-order valence-electron chi connectivity index (χ3n) is 3.96. The zero-order chi connectivity index (χ0) is 13.0. The van der Waals surface area contributed by atoms with E-state index in [9.17, 15) is 0 Å². The van der Waals surface area contributed by atoms with Crippen LogP contribution in [-0.2, 0) is 6.42 Å². The molecule has 0 saturated carbocycles. The molecule has 0 spiro atoms. The molecular weight excluding hydrogens is 244 g/mol. The van der Waals surface area contributed by atoms with Crippen molar-refractivity contribution < 1.29 is 0 Å². The molecule has 18 heavy (non-hydrogen) atoms. The Kier molecular flexibility index (Phi) is 5.04. The Labute approximate surface area is 115 Å². The molecule has 1 saturated heterocycles. The summed E-state index contributed by atoms with van der Waals surface area (Å²) in [5.74, 6) is 0. The fourth-order valence-corrected chi connectivity index (χ4v) is 3.06. The summed E-state index contributed by atoms with van der Waals surface area (Å²) in [5, 5.41) is 0.809. The first kappa shape index (κ1) is 13.9. The van der Waals surface area contributed by atoms with Gasteiger partial charge in [-0.2, -0.15) is 0 Å². The van der Waals surface area contributed by atoms with E-state index in [1.165, 1.54) is 31.4 Å². The molecule has 0 aromatic heterocycles. The molecule has 1 aromatic carbocycles. The topological polar surface area (TPSA) is 29.3 Å². The van der Waals surface area contributed by atoms with Crippen LogP contribution in [-0.4, -0.2) is 30.1 Å². The van der Waals surface area contributed by atoms with E-state index in [1.54, 1.807) is 0 Å². The molecule has 0 aliphatic carbocycles. The van der Waals surface area contributed by atoms with E-state index in [-0.39, 0.29) is 0 Å². The van der Waals surface area contributed by atoms with E-state index >= 15 is 0 Å². The molecule has 2 N–H and O–H groups in total. The quantitative estimate of drug-likeness (QED) is 0.908. The lowest BCUT2D eigenvalue weighted by atomic mass is 9.97. The van der Waals surface area contributed by atoms with Gasteiger partial charge in [0.15, 0.2) is 0 Å². The Bertz CT molecular complexity index is 363. The van der Waals surface area contributed by atoms with Gasteiger partial charge in [-0.25, -0.2) is 0 Å². The molecule has 1 aliphatic rings. The van der Waals surface area contributed by atoms with E-state index < -0.39 is 0 Å². The van der Waals surface area contributed by atoms with Crippen molar-refractivity contribution in [3.8, 4) is 0 Å². The highest BCUT2D eigenvalue weighted by Crippen LogP contribution is 2.21. The molecule has 0 radical (unpaired) electrons. The summed E-state index contributed by atoms with van der Waals surface area (Å²) >= 11 is 5.92. The van der Waals surface area contributed by atoms with Crippen LogP contribution >= 0.6 is 11.6 Å². The lowest BCUT2D eigenvalue weighted by Gasteiger charge is -2.39. The van der Waals surface area contributed by atoms with Crippen molar-refractivity contribution >= 4 is 11.6 Å². The van der Waals surface area contributed by atoms with Gasteiger partial charge in [0, 0.05) is 23.7 Å². The first-order chi connectivity index (χ1) is 8.70. The van der Waals surface area contributed by atoms with Gasteiger partial charge in [0.2, 0.25) is 0 Å². The molecule has 2 nitrogen and oxygen atoms in total. The molecule has 2 unspecified atom stereocenters. The van der Waals surface area contributed by atoms with E-state index in [0.29, 0.717) is 12.1 Å². The molecule has 1 heterocycles. The smallest absolute Gasteiger partial charge is 0.0406 e. The maximum atomic E-state index is 5.92. The maximum Gasteiger partial charge on any atom is 0.0406 e. The molecule has 3 heteroatoms. The first-order valence-electron chi connectivity index (χ1n) is 6.91. The minimum Gasteiger partial charge on any atom is -0.329 e. The second-order valence-electron chi connectivity index (χ2n) is 5.30. The summed E-state index contributed by atoms with van der Waals surface area (Å²) in [5.41, 5.74) is 7.24. The normalized spacial score (nSPS) is 22.9. The summed E-state index contributed by atoms with van der Waals surface area (Å²) in [4.78, 5) is 2.58. The molecule has 1 fully saturated rings. The van der Waals surface area contributed by atoms with Crippen LogP contribution in [0.25, 0.3) is 0 Å². The molecule has 2 rings (SSSR count). The number of rotatable bonds is 4. The van der Waals surface area contributed by atoms with Crippen LogP contribution in [0.4, 0.5) is 0 Å². The number of benzene rings is 1. The Hall–Kier alpha value is -0.570. The van der Waals surface area contributed by atoms with Gasteiger partial charge in [0.25, 0.3) is 0 Å². The van der Waals surface area contributed by atoms with Gasteiger partial charge < -0.3 is 5.73 Å². The lowest BCUT2D eigenvalue weighted by molar-refractivity contribution is 0.107. The second-order valence-corrected chi connectivity index (χ2v) is 5.74. The number of hydrogen-bond acceptors (Lipinski definition) is 2. The van der Waals surface area contributed by atoms with Crippen molar-refractivity contribution in [3.63, 3.8) is 0 Å². The number of piperidine rings is 1. The maximum absolute atomic E-state index is 5.92. The van der Waals surface area contributed by atoms with Gasteiger partial charge in [-0.05, 0) is 50.4 Å². The van der Waals surface area contributed by atoms with Crippen molar-refractivity contribution in [3.05, 3.63) is 34.9 Å². The summed E-state index contributed by atoms with van der Waals surface area (Å²) in [6, 6.07) is 9.32. The van der Waals surface area contributed by atoms with Crippen molar-refractivity contribution in [2.75, 3.05) is 13.1 Å².